The largest absolute Gasteiger partial charge is 0.320 e. The fourth-order valence-corrected chi connectivity index (χ4v) is 3.10. The van der Waals surface area contributed by atoms with Crippen LogP contribution >= 0.6 is 23.4 Å². The van der Waals surface area contributed by atoms with Crippen LogP contribution in [0.1, 0.15) is 17.9 Å². The zero-order valence-corrected chi connectivity index (χ0v) is 12.3. The van der Waals surface area contributed by atoms with Gasteiger partial charge in [-0.1, -0.05) is 29.8 Å². The van der Waals surface area contributed by atoms with Crippen molar-refractivity contribution in [3.05, 3.63) is 58.1 Å². The van der Waals surface area contributed by atoms with Crippen molar-refractivity contribution in [3.63, 3.8) is 0 Å². The highest BCUT2D eigenvalue weighted by Crippen LogP contribution is 2.36. The molecule has 5 heteroatoms. The Hall–Kier alpha value is -1.70. The van der Waals surface area contributed by atoms with E-state index in [2.05, 4.69) is 18.0 Å². The fourth-order valence-electron chi connectivity index (χ4n) is 2.08. The first-order valence-corrected chi connectivity index (χ1v) is 7.45. The molecule has 1 atom stereocenters. The van der Waals surface area contributed by atoms with Crippen molar-refractivity contribution in [2.45, 2.75) is 12.3 Å². The van der Waals surface area contributed by atoms with Gasteiger partial charge in [-0.05, 0) is 17.7 Å². The Morgan fingerprint density at radius 2 is 2.40 bits per heavy atom. The lowest BCUT2D eigenvalue weighted by Crippen LogP contribution is -2.30. The van der Waals surface area contributed by atoms with Crippen LogP contribution < -0.4 is 5.32 Å². The van der Waals surface area contributed by atoms with Gasteiger partial charge >= 0.3 is 0 Å². The minimum Gasteiger partial charge on any atom is -0.320 e. The Kier molecular flexibility index (Phi) is 4.89. The van der Waals surface area contributed by atoms with Gasteiger partial charge in [0.2, 0.25) is 5.91 Å². The van der Waals surface area contributed by atoms with Crippen molar-refractivity contribution >= 4 is 29.3 Å². The zero-order chi connectivity index (χ0) is 14.5. The number of nitrogens with one attached hydrogen (secondary N) is 1. The maximum Gasteiger partial charge on any atom is 0.225 e. The second-order valence-corrected chi connectivity index (χ2v) is 5.78. The van der Waals surface area contributed by atoms with Gasteiger partial charge in [-0.2, -0.15) is 5.26 Å². The van der Waals surface area contributed by atoms with Crippen molar-refractivity contribution in [2.75, 3.05) is 5.75 Å². The second-order valence-electron chi connectivity index (χ2n) is 4.31. The summed E-state index contributed by atoms with van der Waals surface area (Å²) in [5.41, 5.74) is 1.47. The molecule has 3 nitrogen and oxygen atoms in total. The quantitative estimate of drug-likeness (QED) is 0.865. The number of benzene rings is 1. The predicted octanol–water partition coefficient (Wildman–Crippen LogP) is 3.60. The number of nitriles is 1. The molecule has 0 spiro atoms. The Morgan fingerprint density at radius 1 is 1.60 bits per heavy atom. The van der Waals surface area contributed by atoms with Crippen LogP contribution in [0, 0.1) is 11.3 Å². The van der Waals surface area contributed by atoms with Crippen LogP contribution in [0.5, 0.6) is 0 Å². The smallest absolute Gasteiger partial charge is 0.225 e. The normalized spacial score (nSPS) is 18.4. The molecule has 1 N–H and O–H groups in total. The average Bonchev–Trinajstić information content (AvgIpc) is 2.44. The van der Waals surface area contributed by atoms with Crippen LogP contribution in [0.2, 0.25) is 5.02 Å². The molecule has 1 aliphatic heterocycles. The summed E-state index contributed by atoms with van der Waals surface area (Å²) >= 11 is 7.40. The minimum absolute atomic E-state index is 0.0828. The van der Waals surface area contributed by atoms with E-state index in [-0.39, 0.29) is 18.2 Å². The van der Waals surface area contributed by atoms with E-state index in [1.807, 2.05) is 12.1 Å². The number of rotatable bonds is 4. The summed E-state index contributed by atoms with van der Waals surface area (Å²) < 4.78 is 0. The molecule has 0 saturated heterocycles. The summed E-state index contributed by atoms with van der Waals surface area (Å²) in [6, 6.07) is 9.52. The summed E-state index contributed by atoms with van der Waals surface area (Å²) in [7, 11) is 0. The van der Waals surface area contributed by atoms with Crippen molar-refractivity contribution < 1.29 is 4.79 Å². The number of hydrogen-bond donors (Lipinski definition) is 1. The summed E-state index contributed by atoms with van der Waals surface area (Å²) in [5, 5.41) is 13.4. The topological polar surface area (TPSA) is 52.9 Å². The number of allylic oxidation sites excluding steroid dienone is 1. The number of thioether (sulfide) groups is 1. The van der Waals surface area contributed by atoms with Gasteiger partial charge in [0.1, 0.15) is 0 Å². The molecule has 0 radical (unpaired) electrons. The lowest BCUT2D eigenvalue weighted by molar-refractivity contribution is -0.120. The number of hydrogen-bond acceptors (Lipinski definition) is 3. The summed E-state index contributed by atoms with van der Waals surface area (Å²) in [5.74, 6) is 0.323. The SMILES string of the molecule is C=CCSC1=C(C#N)[C@H](c2cccc(Cl)c2)CC(=O)N1. The maximum absolute atomic E-state index is 11.8. The monoisotopic (exact) mass is 304 g/mol. The van der Waals surface area contributed by atoms with E-state index in [0.29, 0.717) is 21.4 Å². The fraction of sp³-hybridized carbons (Fsp3) is 0.200. The van der Waals surface area contributed by atoms with E-state index in [0.717, 1.165) is 5.56 Å². The highest BCUT2D eigenvalue weighted by atomic mass is 35.5. The lowest BCUT2D eigenvalue weighted by Gasteiger charge is -2.25. The van der Waals surface area contributed by atoms with E-state index >= 15 is 0 Å². The first-order chi connectivity index (χ1) is 9.65. The molecule has 0 aliphatic carbocycles. The Balaban J connectivity index is 2.42. The summed E-state index contributed by atoms with van der Waals surface area (Å²) in [4.78, 5) is 11.8. The molecular weight excluding hydrogens is 292 g/mol. The van der Waals surface area contributed by atoms with Gasteiger partial charge in [0, 0.05) is 23.1 Å². The van der Waals surface area contributed by atoms with Crippen LogP contribution in [0.4, 0.5) is 0 Å². The first-order valence-electron chi connectivity index (χ1n) is 6.09. The zero-order valence-electron chi connectivity index (χ0n) is 10.7. The second kappa shape index (κ2) is 6.65. The molecular formula is C15H13ClN2OS. The molecule has 1 amide bonds. The van der Waals surface area contributed by atoms with Crippen LogP contribution in [0.3, 0.4) is 0 Å². The van der Waals surface area contributed by atoms with Crippen molar-refractivity contribution in [1.82, 2.24) is 5.32 Å². The van der Waals surface area contributed by atoms with Crippen molar-refractivity contribution in [1.29, 1.82) is 5.26 Å². The van der Waals surface area contributed by atoms with Crippen LogP contribution in [0.25, 0.3) is 0 Å². The van der Waals surface area contributed by atoms with Gasteiger partial charge in [0.15, 0.2) is 0 Å². The Bertz CT molecular complexity index is 619. The average molecular weight is 305 g/mol. The third kappa shape index (κ3) is 3.24. The van der Waals surface area contributed by atoms with Gasteiger partial charge in [-0.3, -0.25) is 4.79 Å². The van der Waals surface area contributed by atoms with Crippen LogP contribution in [0.15, 0.2) is 47.5 Å². The van der Waals surface area contributed by atoms with Gasteiger partial charge < -0.3 is 5.32 Å². The molecule has 0 fully saturated rings. The highest BCUT2D eigenvalue weighted by molar-refractivity contribution is 8.03. The van der Waals surface area contributed by atoms with Crippen LogP contribution in [-0.4, -0.2) is 11.7 Å². The predicted molar refractivity (Wildman–Crippen MR) is 82.2 cm³/mol. The lowest BCUT2D eigenvalue weighted by atomic mass is 9.87. The molecule has 1 heterocycles. The van der Waals surface area contributed by atoms with E-state index in [1.165, 1.54) is 11.8 Å². The van der Waals surface area contributed by atoms with Gasteiger partial charge in [-0.25, -0.2) is 0 Å². The van der Waals surface area contributed by atoms with Gasteiger partial charge in [0.25, 0.3) is 0 Å². The molecule has 1 aromatic carbocycles. The molecule has 2 rings (SSSR count). The van der Waals surface area contributed by atoms with Crippen molar-refractivity contribution in [2.24, 2.45) is 0 Å². The Labute approximate surface area is 127 Å². The molecule has 102 valence electrons. The standard InChI is InChI=1S/C15H13ClN2OS/c1-2-6-20-15-13(9-17)12(8-14(19)18-15)10-4-3-5-11(16)7-10/h2-5,7,12H,1,6,8H2,(H,18,19)/t12-/m0/s1. The molecule has 0 bridgehead atoms. The number of nitrogens with zero attached hydrogens (tertiary/aromatic N) is 1. The number of carbonyl (C=O) groups is 1. The van der Waals surface area contributed by atoms with Gasteiger partial charge in [0.05, 0.1) is 16.7 Å². The van der Waals surface area contributed by atoms with Crippen LogP contribution in [-0.2, 0) is 4.79 Å². The third-order valence-corrected chi connectivity index (χ3v) is 4.20. The molecule has 0 unspecified atom stereocenters. The minimum atomic E-state index is -0.236. The van der Waals surface area contributed by atoms with E-state index in [4.69, 9.17) is 11.6 Å². The van der Waals surface area contributed by atoms with E-state index < -0.39 is 0 Å². The molecule has 1 aromatic rings. The first kappa shape index (κ1) is 14.7. The number of amides is 1. The van der Waals surface area contributed by atoms with E-state index in [1.54, 1.807) is 18.2 Å². The Morgan fingerprint density at radius 3 is 3.05 bits per heavy atom. The molecule has 20 heavy (non-hydrogen) atoms. The molecule has 0 aromatic heterocycles. The van der Waals surface area contributed by atoms with E-state index in [9.17, 15) is 10.1 Å². The third-order valence-electron chi connectivity index (χ3n) is 2.95. The molecule has 0 saturated carbocycles. The number of halogens is 1. The maximum atomic E-state index is 11.8. The summed E-state index contributed by atoms with van der Waals surface area (Å²) in [6.07, 6.45) is 2.00. The van der Waals surface area contributed by atoms with Gasteiger partial charge in [-0.15, -0.1) is 18.3 Å². The number of carbonyl (C=O) groups excluding carboxylic acids is 1. The summed E-state index contributed by atoms with van der Waals surface area (Å²) in [6.45, 7) is 3.65. The highest BCUT2D eigenvalue weighted by Gasteiger charge is 2.29. The van der Waals surface area contributed by atoms with Crippen molar-refractivity contribution in [3.8, 4) is 6.07 Å². The molecule has 1 aliphatic rings.